The fraction of sp³-hybridized carbons (Fsp3) is 0.500. The van der Waals surface area contributed by atoms with Gasteiger partial charge in [0.05, 0.1) is 7.11 Å². The summed E-state index contributed by atoms with van der Waals surface area (Å²) in [5.41, 5.74) is 0.847. The molecule has 0 unspecified atom stereocenters. The van der Waals surface area contributed by atoms with Gasteiger partial charge in [0.25, 0.3) is 5.91 Å². The number of esters is 1. The lowest BCUT2D eigenvalue weighted by atomic mass is 9.91. The lowest BCUT2D eigenvalue weighted by Gasteiger charge is -2.19. The quantitative estimate of drug-likeness (QED) is 0.687. The Morgan fingerprint density at radius 2 is 1.95 bits per heavy atom. The summed E-state index contributed by atoms with van der Waals surface area (Å²) in [6, 6.07) is 2.42. The van der Waals surface area contributed by atoms with Crippen molar-refractivity contribution in [2.75, 3.05) is 7.11 Å². The van der Waals surface area contributed by atoms with E-state index >= 15 is 0 Å². The van der Waals surface area contributed by atoms with Crippen LogP contribution in [-0.2, 0) is 14.9 Å². The minimum atomic E-state index is -0.725. The maximum atomic E-state index is 12.1. The molecule has 1 atom stereocenters. The van der Waals surface area contributed by atoms with Crippen molar-refractivity contribution in [3.8, 4) is 0 Å². The SMILES string of the molecule is COC(=O)[C@H](C)NC(=O)c1cc(Cl)nc(C(C)(C)C)c1. The third-order valence-corrected chi connectivity index (χ3v) is 2.92. The number of nitrogens with one attached hydrogen (secondary N) is 1. The molecule has 0 spiro atoms. The molecule has 0 saturated heterocycles. The minimum Gasteiger partial charge on any atom is -0.467 e. The molecule has 0 fully saturated rings. The standard InChI is InChI=1S/C14H19ClN2O3/c1-8(13(19)20-5)16-12(18)9-6-10(14(2,3)4)17-11(15)7-9/h6-8H,1-5H3,(H,16,18)/t8-/m0/s1. The number of amides is 1. The number of carbonyl (C=O) groups excluding carboxylic acids is 2. The molecule has 1 rings (SSSR count). The van der Waals surface area contributed by atoms with E-state index < -0.39 is 17.9 Å². The van der Waals surface area contributed by atoms with Gasteiger partial charge in [0.2, 0.25) is 0 Å². The van der Waals surface area contributed by atoms with E-state index in [0.717, 1.165) is 0 Å². The Labute approximate surface area is 123 Å². The van der Waals surface area contributed by atoms with Crippen molar-refractivity contribution < 1.29 is 14.3 Å². The molecule has 0 radical (unpaired) electrons. The highest BCUT2D eigenvalue weighted by molar-refractivity contribution is 6.29. The summed E-state index contributed by atoms with van der Waals surface area (Å²) in [5.74, 6) is -0.896. The van der Waals surface area contributed by atoms with Crippen LogP contribution in [0.25, 0.3) is 0 Å². The number of halogens is 1. The summed E-state index contributed by atoms with van der Waals surface area (Å²) < 4.78 is 4.56. The Hall–Kier alpha value is -1.62. The Balaban J connectivity index is 2.99. The second kappa shape index (κ2) is 6.22. The van der Waals surface area contributed by atoms with Crippen LogP contribution in [0.4, 0.5) is 0 Å². The van der Waals surface area contributed by atoms with Crippen molar-refractivity contribution in [3.05, 3.63) is 28.5 Å². The first-order chi connectivity index (χ1) is 9.15. The Morgan fingerprint density at radius 1 is 1.35 bits per heavy atom. The van der Waals surface area contributed by atoms with Gasteiger partial charge in [-0.3, -0.25) is 4.79 Å². The van der Waals surface area contributed by atoms with Gasteiger partial charge in [0.1, 0.15) is 11.2 Å². The summed E-state index contributed by atoms with van der Waals surface area (Å²) in [4.78, 5) is 27.6. The lowest BCUT2D eigenvalue weighted by molar-refractivity contribution is -0.142. The van der Waals surface area contributed by atoms with Crippen LogP contribution in [-0.4, -0.2) is 30.0 Å². The number of methoxy groups -OCH3 is 1. The molecule has 6 heteroatoms. The number of pyridine rings is 1. The molecule has 20 heavy (non-hydrogen) atoms. The topological polar surface area (TPSA) is 68.3 Å². The van der Waals surface area contributed by atoms with E-state index in [1.807, 2.05) is 20.8 Å². The van der Waals surface area contributed by atoms with Crippen LogP contribution in [0.1, 0.15) is 43.7 Å². The Kier molecular flexibility index (Phi) is 5.11. The summed E-state index contributed by atoms with van der Waals surface area (Å²) in [7, 11) is 1.27. The maximum absolute atomic E-state index is 12.1. The molecule has 1 aromatic heterocycles. The molecule has 1 aromatic rings. The molecule has 0 aliphatic carbocycles. The van der Waals surface area contributed by atoms with Gasteiger partial charge in [-0.2, -0.15) is 0 Å². The molecule has 1 N–H and O–H groups in total. The number of hydrogen-bond donors (Lipinski definition) is 1. The van der Waals surface area contributed by atoms with E-state index in [2.05, 4.69) is 15.0 Å². The molecule has 1 heterocycles. The first kappa shape index (κ1) is 16.4. The van der Waals surface area contributed by atoms with E-state index in [0.29, 0.717) is 11.3 Å². The average molecular weight is 299 g/mol. The van der Waals surface area contributed by atoms with Gasteiger partial charge in [-0.25, -0.2) is 9.78 Å². The van der Waals surface area contributed by atoms with Crippen LogP contribution in [0.2, 0.25) is 5.15 Å². The Morgan fingerprint density at radius 3 is 2.45 bits per heavy atom. The monoisotopic (exact) mass is 298 g/mol. The number of aromatic nitrogens is 1. The number of hydrogen-bond acceptors (Lipinski definition) is 4. The van der Waals surface area contributed by atoms with Crippen LogP contribution < -0.4 is 5.32 Å². The number of carbonyl (C=O) groups is 2. The van der Waals surface area contributed by atoms with Crippen LogP contribution in [0.3, 0.4) is 0 Å². The fourth-order valence-electron chi connectivity index (χ4n) is 1.53. The largest absolute Gasteiger partial charge is 0.467 e. The van der Waals surface area contributed by atoms with E-state index in [-0.39, 0.29) is 10.6 Å². The fourth-order valence-corrected chi connectivity index (χ4v) is 1.74. The van der Waals surface area contributed by atoms with Crippen molar-refractivity contribution in [2.45, 2.75) is 39.2 Å². The highest BCUT2D eigenvalue weighted by atomic mass is 35.5. The third-order valence-electron chi connectivity index (χ3n) is 2.73. The molecule has 0 aliphatic heterocycles. The molecule has 110 valence electrons. The first-order valence-corrected chi connectivity index (χ1v) is 6.59. The molecule has 0 aromatic carbocycles. The average Bonchev–Trinajstić information content (AvgIpc) is 2.35. The number of ether oxygens (including phenoxy) is 1. The van der Waals surface area contributed by atoms with E-state index in [1.54, 1.807) is 13.0 Å². The van der Waals surface area contributed by atoms with Crippen LogP contribution in [0.15, 0.2) is 12.1 Å². The van der Waals surface area contributed by atoms with Gasteiger partial charge in [0.15, 0.2) is 0 Å². The molecule has 5 nitrogen and oxygen atoms in total. The summed E-state index contributed by atoms with van der Waals surface area (Å²) in [6.07, 6.45) is 0. The van der Waals surface area contributed by atoms with Crippen molar-refractivity contribution >= 4 is 23.5 Å². The highest BCUT2D eigenvalue weighted by Crippen LogP contribution is 2.23. The maximum Gasteiger partial charge on any atom is 0.328 e. The second-order valence-electron chi connectivity index (χ2n) is 5.53. The van der Waals surface area contributed by atoms with Gasteiger partial charge in [-0.05, 0) is 19.1 Å². The Bertz CT molecular complexity index is 524. The molecule has 0 aliphatic rings. The normalized spacial score (nSPS) is 12.7. The molecular weight excluding hydrogens is 280 g/mol. The zero-order valence-corrected chi connectivity index (χ0v) is 13.0. The van der Waals surface area contributed by atoms with Crippen molar-refractivity contribution in [3.63, 3.8) is 0 Å². The van der Waals surface area contributed by atoms with Gasteiger partial charge in [0, 0.05) is 16.7 Å². The van der Waals surface area contributed by atoms with Crippen molar-refractivity contribution in [2.24, 2.45) is 0 Å². The number of rotatable bonds is 3. The lowest BCUT2D eigenvalue weighted by Crippen LogP contribution is -2.39. The van der Waals surface area contributed by atoms with Crippen LogP contribution >= 0.6 is 11.6 Å². The molecular formula is C14H19ClN2O3. The minimum absolute atomic E-state index is 0.228. The zero-order valence-electron chi connectivity index (χ0n) is 12.3. The molecule has 1 amide bonds. The van der Waals surface area contributed by atoms with Gasteiger partial charge in [-0.1, -0.05) is 32.4 Å². The van der Waals surface area contributed by atoms with E-state index in [1.165, 1.54) is 13.2 Å². The van der Waals surface area contributed by atoms with Crippen molar-refractivity contribution in [1.29, 1.82) is 0 Å². The van der Waals surface area contributed by atoms with Crippen LogP contribution in [0.5, 0.6) is 0 Å². The summed E-state index contributed by atoms with van der Waals surface area (Å²) in [6.45, 7) is 7.48. The van der Waals surface area contributed by atoms with E-state index in [4.69, 9.17) is 11.6 Å². The summed E-state index contributed by atoms with van der Waals surface area (Å²) >= 11 is 5.94. The second-order valence-corrected chi connectivity index (χ2v) is 5.92. The smallest absolute Gasteiger partial charge is 0.328 e. The number of nitrogens with zero attached hydrogens (tertiary/aromatic N) is 1. The summed E-state index contributed by atoms with van der Waals surface area (Å²) in [5, 5.41) is 2.80. The predicted octanol–water partition coefficient (Wildman–Crippen LogP) is 2.32. The van der Waals surface area contributed by atoms with Crippen molar-refractivity contribution in [1.82, 2.24) is 10.3 Å². The first-order valence-electron chi connectivity index (χ1n) is 6.22. The van der Waals surface area contributed by atoms with Crippen LogP contribution in [0, 0.1) is 0 Å². The zero-order chi connectivity index (χ0) is 15.5. The van der Waals surface area contributed by atoms with Gasteiger partial charge < -0.3 is 10.1 Å². The van der Waals surface area contributed by atoms with Gasteiger partial charge in [-0.15, -0.1) is 0 Å². The highest BCUT2D eigenvalue weighted by Gasteiger charge is 2.21. The third kappa shape index (κ3) is 4.20. The van der Waals surface area contributed by atoms with E-state index in [9.17, 15) is 9.59 Å². The molecule has 0 saturated carbocycles. The van der Waals surface area contributed by atoms with Gasteiger partial charge >= 0.3 is 5.97 Å². The molecule has 0 bridgehead atoms. The predicted molar refractivity (Wildman–Crippen MR) is 76.9 cm³/mol.